The number of hydrogen-bond donors (Lipinski definition) is 1. The summed E-state index contributed by atoms with van der Waals surface area (Å²) in [6, 6.07) is 21.9. The van der Waals surface area contributed by atoms with E-state index in [9.17, 15) is 9.59 Å². The molecular formula is C28H24N2O4. The molecule has 2 aromatic heterocycles. The lowest BCUT2D eigenvalue weighted by molar-refractivity contribution is 0.561. The second-order valence-electron chi connectivity index (χ2n) is 8.15. The highest BCUT2D eigenvalue weighted by Gasteiger charge is 2.13. The summed E-state index contributed by atoms with van der Waals surface area (Å²) >= 11 is 0. The molecule has 0 saturated heterocycles. The summed E-state index contributed by atoms with van der Waals surface area (Å²) in [5.74, 6) is 0. The van der Waals surface area contributed by atoms with Gasteiger partial charge >= 0.3 is 11.3 Å². The van der Waals surface area contributed by atoms with Gasteiger partial charge in [-0.15, -0.1) is 0 Å². The van der Waals surface area contributed by atoms with Crippen molar-refractivity contribution >= 4 is 33.3 Å². The Kier molecular flexibility index (Phi) is 5.42. The third-order valence-corrected chi connectivity index (χ3v) is 6.12. The number of nitrogen functional groups attached to an aromatic ring is 1. The smallest absolute Gasteiger partial charge is 0.344 e. The van der Waals surface area contributed by atoms with E-state index >= 15 is 0 Å². The van der Waals surface area contributed by atoms with Gasteiger partial charge in [-0.2, -0.15) is 0 Å². The Morgan fingerprint density at radius 1 is 0.735 bits per heavy atom. The van der Waals surface area contributed by atoms with Gasteiger partial charge in [0.1, 0.15) is 11.2 Å². The van der Waals surface area contributed by atoms with Crippen molar-refractivity contribution in [3.05, 3.63) is 93.6 Å². The average molecular weight is 453 g/mol. The van der Waals surface area contributed by atoms with E-state index in [0.29, 0.717) is 28.0 Å². The van der Waals surface area contributed by atoms with Crippen LogP contribution in [0.15, 0.2) is 91.2 Å². The molecule has 0 saturated carbocycles. The van der Waals surface area contributed by atoms with Crippen LogP contribution in [0.2, 0.25) is 0 Å². The minimum Gasteiger partial charge on any atom is -0.423 e. The van der Waals surface area contributed by atoms with Gasteiger partial charge in [0.05, 0.1) is 5.56 Å². The fourth-order valence-electron chi connectivity index (χ4n) is 4.34. The summed E-state index contributed by atoms with van der Waals surface area (Å²) in [5, 5.41) is 1.51. The maximum atomic E-state index is 12.8. The Hall–Kier alpha value is -4.32. The van der Waals surface area contributed by atoms with Crippen LogP contribution in [0.4, 0.5) is 11.4 Å². The number of anilines is 2. The van der Waals surface area contributed by atoms with Crippen molar-refractivity contribution in [3.63, 3.8) is 0 Å². The van der Waals surface area contributed by atoms with E-state index in [1.165, 1.54) is 6.07 Å². The van der Waals surface area contributed by atoms with Gasteiger partial charge in [0.15, 0.2) is 0 Å². The first-order valence-corrected chi connectivity index (χ1v) is 11.2. The topological polar surface area (TPSA) is 89.7 Å². The minimum absolute atomic E-state index is 0.424. The van der Waals surface area contributed by atoms with E-state index in [1.54, 1.807) is 30.3 Å². The maximum Gasteiger partial charge on any atom is 0.344 e. The molecular weight excluding hydrogens is 428 g/mol. The van der Waals surface area contributed by atoms with Gasteiger partial charge in [-0.25, -0.2) is 9.59 Å². The first kappa shape index (κ1) is 21.5. The third-order valence-electron chi connectivity index (χ3n) is 6.12. The Bertz CT molecular complexity index is 1630. The fraction of sp³-hybridized carbons (Fsp3) is 0.143. The monoisotopic (exact) mass is 452 g/mol. The molecule has 3 aromatic carbocycles. The van der Waals surface area contributed by atoms with E-state index in [2.05, 4.69) is 30.9 Å². The quantitative estimate of drug-likeness (QED) is 0.273. The predicted octanol–water partition coefficient (Wildman–Crippen LogP) is 5.66. The molecule has 0 atom stereocenters. The van der Waals surface area contributed by atoms with Crippen molar-refractivity contribution in [2.24, 2.45) is 0 Å². The molecule has 0 amide bonds. The summed E-state index contributed by atoms with van der Waals surface area (Å²) in [6.45, 7) is 6.07. The zero-order valence-corrected chi connectivity index (χ0v) is 19.0. The third kappa shape index (κ3) is 3.83. The molecule has 2 N–H and O–H groups in total. The Labute approximate surface area is 195 Å². The van der Waals surface area contributed by atoms with Gasteiger partial charge in [0.25, 0.3) is 0 Å². The van der Waals surface area contributed by atoms with Crippen molar-refractivity contribution in [2.75, 3.05) is 23.7 Å². The first-order valence-electron chi connectivity index (χ1n) is 11.2. The number of fused-ring (bicyclic) bond motifs is 2. The first-order chi connectivity index (χ1) is 16.5. The maximum absolute atomic E-state index is 12.8. The molecule has 0 radical (unpaired) electrons. The van der Waals surface area contributed by atoms with Crippen LogP contribution in [0.1, 0.15) is 13.8 Å². The van der Waals surface area contributed by atoms with Crippen LogP contribution in [0.3, 0.4) is 0 Å². The largest absolute Gasteiger partial charge is 0.423 e. The van der Waals surface area contributed by atoms with Gasteiger partial charge < -0.3 is 19.5 Å². The predicted molar refractivity (Wildman–Crippen MR) is 137 cm³/mol. The van der Waals surface area contributed by atoms with Crippen LogP contribution in [0.25, 0.3) is 44.2 Å². The average Bonchev–Trinajstić information content (AvgIpc) is 2.84. The van der Waals surface area contributed by atoms with Crippen molar-refractivity contribution in [1.29, 1.82) is 0 Å². The van der Waals surface area contributed by atoms with E-state index in [-0.39, 0.29) is 0 Å². The molecule has 6 nitrogen and oxygen atoms in total. The van der Waals surface area contributed by atoms with E-state index in [1.807, 2.05) is 24.3 Å². The number of rotatable bonds is 5. The van der Waals surface area contributed by atoms with Gasteiger partial charge in [-0.3, -0.25) is 0 Å². The van der Waals surface area contributed by atoms with Gasteiger partial charge in [0.2, 0.25) is 0 Å². The van der Waals surface area contributed by atoms with E-state index in [4.69, 9.17) is 14.6 Å². The zero-order valence-electron chi connectivity index (χ0n) is 19.0. The van der Waals surface area contributed by atoms with Gasteiger partial charge in [-0.05, 0) is 73.0 Å². The van der Waals surface area contributed by atoms with Crippen molar-refractivity contribution in [2.45, 2.75) is 13.8 Å². The highest BCUT2D eigenvalue weighted by molar-refractivity contribution is 5.96. The number of nitrogens with two attached hydrogens (primary N) is 1. The second-order valence-corrected chi connectivity index (χ2v) is 8.15. The highest BCUT2D eigenvalue weighted by atomic mass is 16.4. The lowest BCUT2D eigenvalue weighted by Crippen LogP contribution is -2.21. The van der Waals surface area contributed by atoms with E-state index in [0.717, 1.165) is 40.7 Å². The van der Waals surface area contributed by atoms with Crippen LogP contribution in [-0.2, 0) is 0 Å². The van der Waals surface area contributed by atoms with Crippen molar-refractivity contribution < 1.29 is 8.83 Å². The Morgan fingerprint density at radius 2 is 1.47 bits per heavy atom. The molecule has 6 heteroatoms. The van der Waals surface area contributed by atoms with Crippen LogP contribution >= 0.6 is 0 Å². The molecule has 5 rings (SSSR count). The summed E-state index contributed by atoms with van der Waals surface area (Å²) in [4.78, 5) is 27.3. The SMILES string of the molecule is CCN(CC)c1ccc(-c2cc(=O)oc3ccc(-c4cc5ccc(N)cc5oc4=O)cc23)cc1. The summed E-state index contributed by atoms with van der Waals surface area (Å²) < 4.78 is 11.0. The van der Waals surface area contributed by atoms with Crippen molar-refractivity contribution in [3.8, 4) is 22.3 Å². The molecule has 0 aliphatic carbocycles. The number of hydrogen-bond acceptors (Lipinski definition) is 6. The zero-order chi connectivity index (χ0) is 23.8. The van der Waals surface area contributed by atoms with Gasteiger partial charge in [0, 0.05) is 47.4 Å². The second kappa shape index (κ2) is 8.56. The summed E-state index contributed by atoms with van der Waals surface area (Å²) in [6.07, 6.45) is 0. The summed E-state index contributed by atoms with van der Waals surface area (Å²) in [5.41, 5.74) is 10.2. The number of benzene rings is 3. The van der Waals surface area contributed by atoms with Crippen LogP contribution in [0, 0.1) is 0 Å². The number of nitrogens with zero attached hydrogens (tertiary/aromatic N) is 1. The lowest BCUT2D eigenvalue weighted by Gasteiger charge is -2.21. The normalized spacial score (nSPS) is 11.2. The molecule has 0 spiro atoms. The Balaban J connectivity index is 1.66. The molecule has 0 fully saturated rings. The van der Waals surface area contributed by atoms with Gasteiger partial charge in [-0.1, -0.05) is 18.2 Å². The van der Waals surface area contributed by atoms with Crippen molar-refractivity contribution in [1.82, 2.24) is 0 Å². The standard InChI is InChI=1S/C28H24N2O4/c1-3-30(4-2)21-10-6-17(7-11-21)22-16-27(31)33-25-12-8-18(13-24(22)25)23-14-19-5-9-20(29)15-26(19)34-28(23)32/h5-16H,3-4,29H2,1-2H3. The molecule has 2 heterocycles. The fourth-order valence-corrected chi connectivity index (χ4v) is 4.34. The molecule has 34 heavy (non-hydrogen) atoms. The minimum atomic E-state index is -0.458. The summed E-state index contributed by atoms with van der Waals surface area (Å²) in [7, 11) is 0. The van der Waals surface area contributed by atoms with Crippen LogP contribution < -0.4 is 21.9 Å². The molecule has 0 unspecified atom stereocenters. The lowest BCUT2D eigenvalue weighted by atomic mass is 9.98. The van der Waals surface area contributed by atoms with Crippen LogP contribution in [-0.4, -0.2) is 13.1 Å². The molecule has 5 aromatic rings. The van der Waals surface area contributed by atoms with E-state index < -0.39 is 11.3 Å². The molecule has 170 valence electrons. The van der Waals surface area contributed by atoms with Crippen LogP contribution in [0.5, 0.6) is 0 Å². The highest BCUT2D eigenvalue weighted by Crippen LogP contribution is 2.32. The molecule has 0 aliphatic rings. The Morgan fingerprint density at radius 3 is 2.21 bits per heavy atom. The molecule has 0 aliphatic heterocycles. The molecule has 0 bridgehead atoms.